The number of hydrogen-bond donors (Lipinski definition) is 0. The summed E-state index contributed by atoms with van der Waals surface area (Å²) in [4.78, 5) is 37.2. The number of Topliss-reactive ketones (excluding diaryl/α,β-unsaturated/α-hetero) is 2. The fourth-order valence-electron chi connectivity index (χ4n) is 13.7. The molecule has 0 aliphatic heterocycles. The van der Waals surface area contributed by atoms with E-state index in [1.165, 1.54) is 32.1 Å². The van der Waals surface area contributed by atoms with Crippen LogP contribution in [0.5, 0.6) is 0 Å². The molecule has 2 aromatic carbocycles. The van der Waals surface area contributed by atoms with Crippen LogP contribution in [0.25, 0.3) is 66.6 Å². The monoisotopic (exact) mass is 949 g/mol. The van der Waals surface area contributed by atoms with Gasteiger partial charge < -0.3 is 18.2 Å². The summed E-state index contributed by atoms with van der Waals surface area (Å²) in [5, 5.41) is 8.53. The lowest BCUT2D eigenvalue weighted by molar-refractivity contribution is -0.121. The van der Waals surface area contributed by atoms with Gasteiger partial charge in [-0.1, -0.05) is 98.4 Å². The first kappa shape index (κ1) is 46.9. The number of aromatic nitrogens is 6. The standard InChI is InChI=1S/C61H68N6O4/c1-37-53(39(3)70-64-37)45-27-51-55(62-29-45)49(31-66(51)35-58(9)23-12-11-13-24-58)44-17-21-48(22-18-44)61(42(6)69)34-60(61)26-14-25-59(10,33-60)36-67-32-50(43-15-19-47(20-16-43)57(7,8)41(5)68)56-52(67)28-46(30-63-56)54-38(2)65-71-40(54)4/h15-22,27-32H,11-14,23-26,33-36H2,1-10H3. The van der Waals surface area contributed by atoms with Crippen molar-refractivity contribution in [1.29, 1.82) is 0 Å². The normalized spacial score (nSPS) is 22.2. The minimum Gasteiger partial charge on any atom is -0.361 e. The lowest BCUT2D eigenvalue weighted by Gasteiger charge is -2.41. The minimum absolute atomic E-state index is 0.0854. The highest BCUT2D eigenvalue weighted by Gasteiger charge is 2.72. The quantitative estimate of drug-likeness (QED) is 0.119. The van der Waals surface area contributed by atoms with E-state index in [-0.39, 0.29) is 27.8 Å². The first-order valence-electron chi connectivity index (χ1n) is 25.9. The van der Waals surface area contributed by atoms with Crippen LogP contribution in [0.2, 0.25) is 0 Å². The van der Waals surface area contributed by atoms with E-state index in [1.807, 2.05) is 60.9 Å². The Balaban J connectivity index is 0.922. The van der Waals surface area contributed by atoms with Crippen molar-refractivity contribution in [2.45, 2.75) is 157 Å². The van der Waals surface area contributed by atoms with Crippen LogP contribution in [0.15, 0.2) is 94.5 Å². The number of hydrogen-bond acceptors (Lipinski definition) is 8. The fourth-order valence-corrected chi connectivity index (χ4v) is 13.7. The summed E-state index contributed by atoms with van der Waals surface area (Å²) in [7, 11) is 0. The number of carbonyl (C=O) groups excluding carboxylic acids is 2. The minimum atomic E-state index is -0.575. The third-order valence-corrected chi connectivity index (χ3v) is 17.9. The molecule has 1 spiro atoms. The molecule has 10 heteroatoms. The molecule has 0 radical (unpaired) electrons. The van der Waals surface area contributed by atoms with Gasteiger partial charge in [0.25, 0.3) is 0 Å². The van der Waals surface area contributed by atoms with Gasteiger partial charge in [0.1, 0.15) is 23.1 Å². The van der Waals surface area contributed by atoms with Crippen molar-refractivity contribution < 1.29 is 18.6 Å². The summed E-state index contributed by atoms with van der Waals surface area (Å²) in [5.74, 6) is 1.97. The molecule has 3 aliphatic rings. The molecule has 366 valence electrons. The molecule has 0 saturated heterocycles. The van der Waals surface area contributed by atoms with Crippen LogP contribution in [0.3, 0.4) is 0 Å². The zero-order valence-electron chi connectivity index (χ0n) is 43.4. The van der Waals surface area contributed by atoms with E-state index in [0.717, 1.165) is 146 Å². The van der Waals surface area contributed by atoms with Gasteiger partial charge in [0, 0.05) is 76.7 Å². The van der Waals surface area contributed by atoms with Crippen molar-refractivity contribution in [2.24, 2.45) is 16.2 Å². The molecule has 6 aromatic heterocycles. The maximum atomic E-state index is 14.3. The molecule has 8 aromatic rings. The summed E-state index contributed by atoms with van der Waals surface area (Å²) in [6.45, 7) is 22.0. The van der Waals surface area contributed by atoms with E-state index in [1.54, 1.807) is 6.92 Å². The first-order chi connectivity index (χ1) is 33.8. The van der Waals surface area contributed by atoms with Crippen LogP contribution in [-0.2, 0) is 33.5 Å². The Morgan fingerprint density at radius 3 is 1.59 bits per heavy atom. The molecular weight excluding hydrogens is 881 g/mol. The summed E-state index contributed by atoms with van der Waals surface area (Å²) < 4.78 is 16.1. The van der Waals surface area contributed by atoms with E-state index in [9.17, 15) is 9.59 Å². The van der Waals surface area contributed by atoms with Gasteiger partial charge in [-0.05, 0) is 145 Å². The number of rotatable bonds is 12. The number of fused-ring (bicyclic) bond motifs is 2. The van der Waals surface area contributed by atoms with Gasteiger partial charge in [-0.15, -0.1) is 0 Å². The first-order valence-corrected chi connectivity index (χ1v) is 25.9. The Morgan fingerprint density at radius 1 is 0.620 bits per heavy atom. The SMILES string of the molecule is CC(=O)C(C)(C)c1ccc(-c2cn(CC3(C)CCCC4(C3)CC4(C(C)=O)c3ccc(-c4cn(CC5(C)CCCCC5)c5cc(-c6c(C)noc6C)cnc45)cc3)c3cc(-c4c(C)noc4C)cnc23)cc1. The Hall–Kier alpha value is -6.42. The summed E-state index contributed by atoms with van der Waals surface area (Å²) >= 11 is 0. The maximum absolute atomic E-state index is 14.3. The number of nitrogens with zero attached hydrogens (tertiary/aromatic N) is 6. The molecule has 0 amide bonds. The topological polar surface area (TPSA) is 122 Å². The zero-order chi connectivity index (χ0) is 49.8. The van der Waals surface area contributed by atoms with Crippen LogP contribution in [0.1, 0.15) is 140 Å². The average Bonchev–Trinajstić information content (AvgIpc) is 3.71. The van der Waals surface area contributed by atoms with E-state index in [4.69, 9.17) is 19.0 Å². The van der Waals surface area contributed by atoms with Crippen molar-refractivity contribution in [2.75, 3.05) is 0 Å². The van der Waals surface area contributed by atoms with Gasteiger partial charge in [-0.25, -0.2) is 0 Å². The molecular formula is C61H68N6O4. The second-order valence-corrected chi connectivity index (χ2v) is 23.4. The fraction of sp³-hybridized carbons (Fsp3) is 0.443. The Bertz CT molecular complexity index is 3360. The van der Waals surface area contributed by atoms with E-state index in [2.05, 4.69) is 106 Å². The van der Waals surface area contributed by atoms with Gasteiger partial charge in [0.2, 0.25) is 0 Å². The molecule has 6 heterocycles. The van der Waals surface area contributed by atoms with Gasteiger partial charge in [0.15, 0.2) is 0 Å². The lowest BCUT2D eigenvalue weighted by Crippen LogP contribution is -2.36. The maximum Gasteiger partial charge on any atom is 0.141 e. The summed E-state index contributed by atoms with van der Waals surface area (Å²) in [6.07, 6.45) is 19.8. The van der Waals surface area contributed by atoms with Crippen LogP contribution in [-0.4, -0.2) is 41.0 Å². The smallest absolute Gasteiger partial charge is 0.141 e. The molecule has 3 atom stereocenters. The van der Waals surface area contributed by atoms with Gasteiger partial charge in [-0.3, -0.25) is 19.6 Å². The largest absolute Gasteiger partial charge is 0.361 e. The van der Waals surface area contributed by atoms with Crippen LogP contribution in [0.4, 0.5) is 0 Å². The molecule has 3 aliphatic carbocycles. The predicted octanol–water partition coefficient (Wildman–Crippen LogP) is 14.6. The number of ketones is 2. The highest BCUT2D eigenvalue weighted by molar-refractivity contribution is 5.97. The van der Waals surface area contributed by atoms with E-state index < -0.39 is 10.8 Å². The highest BCUT2D eigenvalue weighted by atomic mass is 16.5. The van der Waals surface area contributed by atoms with Gasteiger partial charge in [0.05, 0.1) is 38.9 Å². The number of pyridine rings is 2. The average molecular weight is 949 g/mol. The molecule has 11 rings (SSSR count). The Morgan fingerprint density at radius 2 is 1.11 bits per heavy atom. The number of benzene rings is 2. The lowest BCUT2D eigenvalue weighted by atomic mass is 9.64. The van der Waals surface area contributed by atoms with Crippen molar-refractivity contribution >= 4 is 33.6 Å². The van der Waals surface area contributed by atoms with Crippen LogP contribution in [0, 0.1) is 43.9 Å². The third kappa shape index (κ3) is 7.73. The second-order valence-electron chi connectivity index (χ2n) is 23.4. The summed E-state index contributed by atoms with van der Waals surface area (Å²) in [6, 6.07) is 21.9. The van der Waals surface area contributed by atoms with Gasteiger partial charge >= 0.3 is 0 Å². The van der Waals surface area contributed by atoms with Gasteiger partial charge in [-0.2, -0.15) is 0 Å². The Labute approximate surface area is 417 Å². The third-order valence-electron chi connectivity index (χ3n) is 17.9. The van der Waals surface area contributed by atoms with Crippen molar-refractivity contribution in [3.63, 3.8) is 0 Å². The van der Waals surface area contributed by atoms with Crippen molar-refractivity contribution in [1.82, 2.24) is 29.4 Å². The zero-order valence-corrected chi connectivity index (χ0v) is 43.4. The molecule has 71 heavy (non-hydrogen) atoms. The van der Waals surface area contributed by atoms with Crippen LogP contribution < -0.4 is 0 Å². The predicted molar refractivity (Wildman–Crippen MR) is 281 cm³/mol. The van der Waals surface area contributed by atoms with Crippen molar-refractivity contribution in [3.05, 3.63) is 119 Å². The molecule has 0 bridgehead atoms. The molecule has 10 nitrogen and oxygen atoms in total. The number of aryl methyl sites for hydroxylation is 4. The molecule has 3 fully saturated rings. The Kier molecular flexibility index (Phi) is 11.1. The van der Waals surface area contributed by atoms with E-state index in [0.29, 0.717) is 0 Å². The molecule has 3 saturated carbocycles. The molecule has 0 N–H and O–H groups in total. The second kappa shape index (κ2) is 16.8. The van der Waals surface area contributed by atoms with E-state index >= 15 is 0 Å². The summed E-state index contributed by atoms with van der Waals surface area (Å²) in [5.41, 5.74) is 15.2. The molecule has 3 unspecified atom stereocenters. The highest BCUT2D eigenvalue weighted by Crippen LogP contribution is 2.74. The van der Waals surface area contributed by atoms with Crippen molar-refractivity contribution in [3.8, 4) is 44.5 Å². The van der Waals surface area contributed by atoms with Crippen LogP contribution >= 0.6 is 0 Å². The number of carbonyl (C=O) groups is 2.